The van der Waals surface area contributed by atoms with Gasteiger partial charge in [-0.05, 0) is 92.8 Å². The van der Waals surface area contributed by atoms with E-state index in [0.29, 0.717) is 28.5 Å². The third-order valence-electron chi connectivity index (χ3n) is 6.43. The van der Waals surface area contributed by atoms with Gasteiger partial charge >= 0.3 is 0 Å². The topological polar surface area (TPSA) is 51.0 Å². The van der Waals surface area contributed by atoms with Gasteiger partial charge in [-0.25, -0.2) is 4.39 Å². The Morgan fingerprint density at radius 1 is 1.10 bits per heavy atom. The molecule has 160 valence electrons. The van der Waals surface area contributed by atoms with E-state index >= 15 is 0 Å². The number of anilines is 1. The molecule has 1 atom stereocenters. The van der Waals surface area contributed by atoms with Crippen LogP contribution >= 0.6 is 11.6 Å². The second kappa shape index (κ2) is 8.46. The Morgan fingerprint density at radius 2 is 1.90 bits per heavy atom. The minimum absolute atomic E-state index is 0.197. The number of oxazole rings is 1. The van der Waals surface area contributed by atoms with Gasteiger partial charge in [-0.1, -0.05) is 11.6 Å². The molecule has 6 heteroatoms. The first-order valence-corrected chi connectivity index (χ1v) is 11.3. The summed E-state index contributed by atoms with van der Waals surface area (Å²) in [6.07, 6.45) is 7.49. The van der Waals surface area contributed by atoms with E-state index in [0.717, 1.165) is 35.7 Å². The second-order valence-electron chi connectivity index (χ2n) is 8.69. The molecule has 0 amide bonds. The average molecular weight is 438 g/mol. The Balaban J connectivity index is 1.20. The van der Waals surface area contributed by atoms with E-state index in [1.54, 1.807) is 18.2 Å². The molecular weight excluding hydrogens is 413 g/mol. The lowest BCUT2D eigenvalue weighted by atomic mass is 9.76. The third-order valence-corrected chi connectivity index (χ3v) is 6.67. The summed E-state index contributed by atoms with van der Waals surface area (Å²) in [5.41, 5.74) is 3.61. The van der Waals surface area contributed by atoms with E-state index in [1.807, 2.05) is 18.3 Å². The van der Waals surface area contributed by atoms with E-state index in [2.05, 4.69) is 28.3 Å². The van der Waals surface area contributed by atoms with Crippen molar-refractivity contribution in [3.05, 3.63) is 65.1 Å². The zero-order chi connectivity index (χ0) is 21.4. The lowest BCUT2D eigenvalue weighted by Crippen LogP contribution is -2.23. The SMILES string of the molecule is C[C@H](CC1CCC(c2ccnc3ccc(F)cc23)CC1)Nc1nc2ccc(Cl)cc2o1. The van der Waals surface area contributed by atoms with Crippen molar-refractivity contribution in [2.45, 2.75) is 51.0 Å². The Labute approximate surface area is 185 Å². The largest absolute Gasteiger partial charge is 0.423 e. The van der Waals surface area contributed by atoms with Crippen LogP contribution in [0.3, 0.4) is 0 Å². The molecule has 2 aromatic carbocycles. The summed E-state index contributed by atoms with van der Waals surface area (Å²) in [6.45, 7) is 2.17. The summed E-state index contributed by atoms with van der Waals surface area (Å²) < 4.78 is 19.6. The highest BCUT2D eigenvalue weighted by Gasteiger charge is 2.25. The quantitative estimate of drug-likeness (QED) is 0.355. The van der Waals surface area contributed by atoms with Gasteiger partial charge in [0.25, 0.3) is 6.01 Å². The van der Waals surface area contributed by atoms with Crippen molar-refractivity contribution >= 4 is 39.6 Å². The Kier molecular flexibility index (Phi) is 5.53. The van der Waals surface area contributed by atoms with Crippen molar-refractivity contribution < 1.29 is 8.81 Å². The van der Waals surface area contributed by atoms with Crippen molar-refractivity contribution in [1.82, 2.24) is 9.97 Å². The predicted molar refractivity (Wildman–Crippen MR) is 123 cm³/mol. The van der Waals surface area contributed by atoms with Crippen molar-refractivity contribution in [3.8, 4) is 0 Å². The molecule has 0 spiro atoms. The molecule has 0 saturated heterocycles. The summed E-state index contributed by atoms with van der Waals surface area (Å²) in [4.78, 5) is 8.90. The number of aromatic nitrogens is 2. The van der Waals surface area contributed by atoms with Gasteiger partial charge in [-0.3, -0.25) is 4.98 Å². The highest BCUT2D eigenvalue weighted by atomic mass is 35.5. The summed E-state index contributed by atoms with van der Waals surface area (Å²) in [5, 5.41) is 5.00. The minimum Gasteiger partial charge on any atom is -0.423 e. The highest BCUT2D eigenvalue weighted by Crippen LogP contribution is 2.40. The van der Waals surface area contributed by atoms with Gasteiger partial charge in [-0.2, -0.15) is 4.98 Å². The van der Waals surface area contributed by atoms with Crippen LogP contribution in [0.25, 0.3) is 22.0 Å². The monoisotopic (exact) mass is 437 g/mol. The lowest BCUT2D eigenvalue weighted by molar-refractivity contribution is 0.301. The van der Waals surface area contributed by atoms with Gasteiger partial charge in [0.1, 0.15) is 11.3 Å². The first-order valence-electron chi connectivity index (χ1n) is 10.9. The summed E-state index contributed by atoms with van der Waals surface area (Å²) in [6, 6.07) is 13.2. The van der Waals surface area contributed by atoms with Crippen molar-refractivity contribution in [3.63, 3.8) is 0 Å². The maximum atomic E-state index is 13.8. The number of fused-ring (bicyclic) bond motifs is 2. The summed E-state index contributed by atoms with van der Waals surface area (Å²) in [7, 11) is 0. The van der Waals surface area contributed by atoms with Gasteiger partial charge in [0.15, 0.2) is 5.58 Å². The highest BCUT2D eigenvalue weighted by molar-refractivity contribution is 6.31. The molecule has 0 radical (unpaired) electrons. The van der Waals surface area contributed by atoms with E-state index < -0.39 is 0 Å². The van der Waals surface area contributed by atoms with E-state index in [1.165, 1.54) is 24.5 Å². The first kappa shape index (κ1) is 20.3. The molecule has 1 aliphatic carbocycles. The summed E-state index contributed by atoms with van der Waals surface area (Å²) in [5.74, 6) is 0.924. The number of nitrogens with one attached hydrogen (secondary N) is 1. The molecule has 4 aromatic rings. The van der Waals surface area contributed by atoms with Crippen molar-refractivity contribution in [1.29, 1.82) is 0 Å². The molecule has 0 aliphatic heterocycles. The van der Waals surface area contributed by atoms with Crippen LogP contribution in [0.1, 0.15) is 50.5 Å². The first-order chi connectivity index (χ1) is 15.0. The van der Waals surface area contributed by atoms with Crippen LogP contribution in [0.15, 0.2) is 53.1 Å². The number of nitrogens with zero attached hydrogens (tertiary/aromatic N) is 2. The van der Waals surface area contributed by atoms with Crippen molar-refractivity contribution in [2.75, 3.05) is 5.32 Å². The van der Waals surface area contributed by atoms with Crippen LogP contribution < -0.4 is 5.32 Å². The zero-order valence-corrected chi connectivity index (χ0v) is 18.2. The average Bonchev–Trinajstić information content (AvgIpc) is 3.15. The number of halogens is 2. The Morgan fingerprint density at radius 3 is 2.74 bits per heavy atom. The molecule has 1 aliphatic rings. The molecule has 0 bridgehead atoms. The van der Waals surface area contributed by atoms with Gasteiger partial charge in [0.2, 0.25) is 0 Å². The summed E-state index contributed by atoms with van der Waals surface area (Å²) >= 11 is 6.03. The minimum atomic E-state index is -0.197. The molecule has 1 fully saturated rings. The van der Waals surface area contributed by atoms with Crippen molar-refractivity contribution in [2.24, 2.45) is 5.92 Å². The Hall–Kier alpha value is -2.66. The zero-order valence-electron chi connectivity index (χ0n) is 17.4. The fourth-order valence-electron chi connectivity index (χ4n) is 4.93. The van der Waals surface area contributed by atoms with Gasteiger partial charge in [0.05, 0.1) is 5.52 Å². The van der Waals surface area contributed by atoms with E-state index in [4.69, 9.17) is 16.0 Å². The fraction of sp³-hybridized carbons (Fsp3) is 0.360. The molecule has 4 nitrogen and oxygen atoms in total. The molecule has 1 N–H and O–H groups in total. The third kappa shape index (κ3) is 4.38. The normalized spacial score (nSPS) is 20.2. The molecular formula is C25H25ClFN3O. The van der Waals surface area contributed by atoms with Crippen LogP contribution in [0, 0.1) is 11.7 Å². The fourth-order valence-corrected chi connectivity index (χ4v) is 5.10. The Bertz CT molecular complexity index is 1220. The standard InChI is InChI=1S/C25H25ClFN3O/c1-15(29-25-30-23-8-6-18(26)13-24(23)31-25)12-16-2-4-17(5-3-16)20-10-11-28-22-9-7-19(27)14-21(20)22/h6-11,13-17H,2-5,12H2,1H3,(H,29,30)/t15-,16?,17?/m1/s1. The smallest absolute Gasteiger partial charge is 0.295 e. The molecule has 2 heterocycles. The number of benzene rings is 2. The molecule has 0 unspecified atom stereocenters. The molecule has 31 heavy (non-hydrogen) atoms. The maximum Gasteiger partial charge on any atom is 0.295 e. The maximum absolute atomic E-state index is 13.8. The predicted octanol–water partition coefficient (Wildman–Crippen LogP) is 7.33. The number of pyridine rings is 1. The van der Waals surface area contributed by atoms with Crippen LogP contribution in [0.4, 0.5) is 10.4 Å². The molecule has 1 saturated carbocycles. The lowest BCUT2D eigenvalue weighted by Gasteiger charge is -2.31. The van der Waals surface area contributed by atoms with E-state index in [-0.39, 0.29) is 11.9 Å². The van der Waals surface area contributed by atoms with Crippen LogP contribution in [0.5, 0.6) is 0 Å². The van der Waals surface area contributed by atoms with Gasteiger partial charge < -0.3 is 9.73 Å². The van der Waals surface area contributed by atoms with Crippen LogP contribution in [0.2, 0.25) is 5.02 Å². The molecule has 2 aromatic heterocycles. The van der Waals surface area contributed by atoms with E-state index in [9.17, 15) is 4.39 Å². The molecule has 5 rings (SSSR count). The van der Waals surface area contributed by atoms with Gasteiger partial charge in [0, 0.05) is 28.7 Å². The van der Waals surface area contributed by atoms with Gasteiger partial charge in [-0.15, -0.1) is 0 Å². The number of rotatable bonds is 5. The number of hydrogen-bond donors (Lipinski definition) is 1. The van der Waals surface area contributed by atoms with Crippen LogP contribution in [-0.2, 0) is 0 Å². The second-order valence-corrected chi connectivity index (χ2v) is 9.13. The number of hydrogen-bond acceptors (Lipinski definition) is 4. The van der Waals surface area contributed by atoms with Crippen LogP contribution in [-0.4, -0.2) is 16.0 Å².